The number of amides is 1. The van der Waals surface area contributed by atoms with Gasteiger partial charge >= 0.3 is 12.1 Å². The molecule has 0 radical (unpaired) electrons. The fourth-order valence-corrected chi connectivity index (χ4v) is 4.85. The zero-order chi connectivity index (χ0) is 32.7. The number of hydrogen-bond acceptors (Lipinski definition) is 5. The first-order valence-corrected chi connectivity index (χ1v) is 14.1. The number of aliphatic carboxylic acids is 1. The molecule has 5 N–H and O–H groups in total. The lowest BCUT2D eigenvalue weighted by molar-refractivity contribution is -0.192. The molecule has 14 heteroatoms. The van der Waals surface area contributed by atoms with Crippen molar-refractivity contribution in [3.63, 3.8) is 0 Å². The number of fused-ring (bicyclic) bond motifs is 1. The van der Waals surface area contributed by atoms with Crippen LogP contribution in [0.4, 0.5) is 13.2 Å². The summed E-state index contributed by atoms with van der Waals surface area (Å²) < 4.78 is 31.7. The van der Waals surface area contributed by atoms with E-state index >= 15 is 0 Å². The number of alkyl halides is 3. The Balaban J connectivity index is 0.000000591. The number of hydrogen-bond donors (Lipinski definition) is 5. The third kappa shape index (κ3) is 9.10. The summed E-state index contributed by atoms with van der Waals surface area (Å²) in [7, 11) is 0. The second kappa shape index (κ2) is 14.3. The van der Waals surface area contributed by atoms with Gasteiger partial charge < -0.3 is 25.5 Å². The number of nitrogens with zero attached hydrogens (tertiary/aromatic N) is 1. The highest BCUT2D eigenvalue weighted by Crippen LogP contribution is 2.32. The first-order valence-electron chi connectivity index (χ1n) is 13.3. The lowest BCUT2D eigenvalue weighted by Gasteiger charge is -2.17. The Morgan fingerprint density at radius 3 is 2.29 bits per heavy atom. The average molecular weight is 661 g/mol. The number of carboxylic acid groups (broad SMARTS) is 1. The van der Waals surface area contributed by atoms with Gasteiger partial charge in [-0.05, 0) is 48.2 Å². The number of carboxylic acids is 1. The van der Waals surface area contributed by atoms with E-state index in [1.807, 2.05) is 48.5 Å². The minimum atomic E-state index is -5.08. The van der Waals surface area contributed by atoms with Crippen molar-refractivity contribution in [1.29, 1.82) is 0 Å². The van der Waals surface area contributed by atoms with Crippen molar-refractivity contribution < 1.29 is 33.0 Å². The largest absolute Gasteiger partial charge is 0.507 e. The second-order valence-corrected chi connectivity index (χ2v) is 10.6. The minimum absolute atomic E-state index is 0.125. The van der Waals surface area contributed by atoms with Crippen LogP contribution in [0, 0.1) is 0 Å². The Morgan fingerprint density at radius 1 is 0.933 bits per heavy atom. The molecule has 5 rings (SSSR count). The van der Waals surface area contributed by atoms with E-state index in [4.69, 9.17) is 38.1 Å². The highest BCUT2D eigenvalue weighted by molar-refractivity contribution is 6.32. The van der Waals surface area contributed by atoms with Crippen molar-refractivity contribution in [1.82, 2.24) is 20.3 Å². The van der Waals surface area contributed by atoms with Gasteiger partial charge in [0, 0.05) is 28.5 Å². The molecule has 0 fully saturated rings. The van der Waals surface area contributed by atoms with Crippen LogP contribution in [-0.4, -0.2) is 43.2 Å². The summed E-state index contributed by atoms with van der Waals surface area (Å²) in [5, 5.41) is 21.9. The predicted octanol–water partition coefficient (Wildman–Crippen LogP) is 6.60. The van der Waals surface area contributed by atoms with Gasteiger partial charge in [-0.25, -0.2) is 9.78 Å². The number of aromatic amines is 2. The number of aryl methyl sites for hydroxylation is 1. The smallest absolute Gasteiger partial charge is 0.490 e. The molecule has 0 bridgehead atoms. The SMILES string of the molecule is O=C(CCc1cccc(Cl)c1)N[C@@H](Cc1ccccc1)c1nc(-c2ccc3[nH]c(=O)cc(O)c3c2)c(Cl)[nH]1.O=C(O)C(F)(F)F. The van der Waals surface area contributed by atoms with Crippen LogP contribution < -0.4 is 10.9 Å². The molecule has 3 aromatic carbocycles. The molecular weight excluding hydrogens is 636 g/mol. The molecule has 0 unspecified atom stereocenters. The number of halogens is 5. The van der Waals surface area contributed by atoms with E-state index in [-0.39, 0.29) is 18.1 Å². The van der Waals surface area contributed by atoms with E-state index in [0.29, 0.717) is 51.0 Å². The molecule has 45 heavy (non-hydrogen) atoms. The van der Waals surface area contributed by atoms with E-state index in [1.165, 1.54) is 0 Å². The summed E-state index contributed by atoms with van der Waals surface area (Å²) in [6.07, 6.45) is -3.74. The van der Waals surface area contributed by atoms with Crippen LogP contribution in [0.1, 0.15) is 29.4 Å². The zero-order valence-corrected chi connectivity index (χ0v) is 24.7. The Labute approximate surface area is 263 Å². The van der Waals surface area contributed by atoms with E-state index in [1.54, 1.807) is 24.3 Å². The summed E-state index contributed by atoms with van der Waals surface area (Å²) >= 11 is 12.6. The number of H-pyrrole nitrogens is 2. The van der Waals surface area contributed by atoms with Gasteiger partial charge in [0.05, 0.1) is 11.6 Å². The second-order valence-electron chi connectivity index (χ2n) is 9.81. The van der Waals surface area contributed by atoms with Gasteiger partial charge in [0.25, 0.3) is 5.56 Å². The number of carbonyl (C=O) groups is 2. The van der Waals surface area contributed by atoms with Crippen molar-refractivity contribution in [2.24, 2.45) is 0 Å². The molecule has 2 aromatic heterocycles. The van der Waals surface area contributed by atoms with Gasteiger partial charge in [0.1, 0.15) is 22.4 Å². The molecule has 1 atom stereocenters. The Bertz CT molecular complexity index is 1880. The average Bonchev–Trinajstić information content (AvgIpc) is 3.37. The molecule has 0 aliphatic rings. The van der Waals surface area contributed by atoms with Gasteiger partial charge in [0.15, 0.2) is 0 Å². The van der Waals surface area contributed by atoms with E-state index in [9.17, 15) is 27.9 Å². The number of aromatic hydroxyl groups is 1. The van der Waals surface area contributed by atoms with Gasteiger partial charge in [-0.2, -0.15) is 13.2 Å². The van der Waals surface area contributed by atoms with Crippen molar-refractivity contribution in [3.05, 3.63) is 116 Å². The number of benzene rings is 3. The number of aromatic nitrogens is 3. The van der Waals surface area contributed by atoms with Crippen LogP contribution in [0.15, 0.2) is 83.7 Å². The maximum Gasteiger partial charge on any atom is 0.490 e. The number of rotatable bonds is 8. The van der Waals surface area contributed by atoms with E-state index in [2.05, 4.69) is 15.3 Å². The first kappa shape index (κ1) is 33.1. The number of imidazole rings is 1. The minimum Gasteiger partial charge on any atom is -0.507 e. The molecule has 0 aliphatic carbocycles. The topological polar surface area (TPSA) is 148 Å². The van der Waals surface area contributed by atoms with Crippen LogP contribution >= 0.6 is 23.2 Å². The predicted molar refractivity (Wildman–Crippen MR) is 163 cm³/mol. The third-order valence-electron chi connectivity index (χ3n) is 6.49. The van der Waals surface area contributed by atoms with Crippen LogP contribution in [0.3, 0.4) is 0 Å². The molecule has 5 aromatic rings. The highest BCUT2D eigenvalue weighted by atomic mass is 35.5. The Morgan fingerprint density at radius 2 is 1.62 bits per heavy atom. The third-order valence-corrected chi connectivity index (χ3v) is 7.00. The number of nitrogens with one attached hydrogen (secondary N) is 3. The zero-order valence-electron chi connectivity index (χ0n) is 23.2. The molecule has 9 nitrogen and oxygen atoms in total. The molecule has 0 saturated carbocycles. The van der Waals surface area contributed by atoms with E-state index < -0.39 is 23.7 Å². The highest BCUT2D eigenvalue weighted by Gasteiger charge is 2.38. The van der Waals surface area contributed by atoms with Crippen molar-refractivity contribution in [3.8, 4) is 17.0 Å². The van der Waals surface area contributed by atoms with Crippen LogP contribution in [0.25, 0.3) is 22.2 Å². The normalized spacial score (nSPS) is 11.8. The molecule has 2 heterocycles. The summed E-state index contributed by atoms with van der Waals surface area (Å²) in [6, 6.07) is 23.1. The van der Waals surface area contributed by atoms with Crippen molar-refractivity contribution in [2.75, 3.05) is 0 Å². The van der Waals surface area contributed by atoms with Gasteiger partial charge in [-0.3, -0.25) is 9.59 Å². The van der Waals surface area contributed by atoms with E-state index in [0.717, 1.165) is 17.2 Å². The maximum atomic E-state index is 13.0. The monoisotopic (exact) mass is 660 g/mol. The molecule has 0 saturated heterocycles. The first-order chi connectivity index (χ1) is 21.3. The quantitative estimate of drug-likeness (QED) is 0.127. The van der Waals surface area contributed by atoms with Crippen LogP contribution in [-0.2, 0) is 22.4 Å². The summed E-state index contributed by atoms with van der Waals surface area (Å²) in [5.41, 5.74) is 3.24. The fourth-order valence-electron chi connectivity index (χ4n) is 4.39. The lowest BCUT2D eigenvalue weighted by atomic mass is 10.0. The number of pyridine rings is 1. The van der Waals surface area contributed by atoms with Gasteiger partial charge in [-0.1, -0.05) is 71.7 Å². The van der Waals surface area contributed by atoms with Crippen molar-refractivity contribution >= 4 is 46.0 Å². The molecule has 1 amide bonds. The van der Waals surface area contributed by atoms with Crippen molar-refractivity contribution in [2.45, 2.75) is 31.5 Å². The Hall–Kier alpha value is -4.81. The maximum absolute atomic E-state index is 13.0. The standard InChI is InChI=1S/C29H24Cl2N4O3.C2HF3O2/c30-20-8-4-7-18(13-20)9-12-25(37)33-23(14-17-5-2-1-3-6-17)29-34-27(28(31)35-29)19-10-11-22-21(15-19)24(36)16-26(38)32-22;3-2(4,5)1(6)7/h1-8,10-11,13,15-16,23H,9,12,14H2,(H,33,37)(H,34,35)(H2,32,36,38);(H,6,7)/t23-;/m0./s1. The molecule has 0 aliphatic heterocycles. The number of carbonyl (C=O) groups excluding carboxylic acids is 1. The molecule has 234 valence electrons. The summed E-state index contributed by atoms with van der Waals surface area (Å²) in [5.74, 6) is -2.51. The van der Waals surface area contributed by atoms with Gasteiger partial charge in [0.2, 0.25) is 5.91 Å². The summed E-state index contributed by atoms with van der Waals surface area (Å²) in [4.78, 5) is 44.1. The fraction of sp³-hybridized carbons (Fsp3) is 0.161. The molecule has 0 spiro atoms. The van der Waals surface area contributed by atoms with Gasteiger partial charge in [-0.15, -0.1) is 0 Å². The lowest BCUT2D eigenvalue weighted by Crippen LogP contribution is -2.31. The molecular formula is C31H25Cl2F3N4O5. The van der Waals surface area contributed by atoms with Crippen LogP contribution in [0.5, 0.6) is 5.75 Å². The Kier molecular flexibility index (Phi) is 10.5. The summed E-state index contributed by atoms with van der Waals surface area (Å²) in [6.45, 7) is 0. The van der Waals surface area contributed by atoms with Crippen LogP contribution in [0.2, 0.25) is 10.2 Å².